The summed E-state index contributed by atoms with van der Waals surface area (Å²) in [6.07, 6.45) is 4.31. The molecule has 4 atom stereocenters. The van der Waals surface area contributed by atoms with E-state index in [2.05, 4.69) is 12.2 Å². The van der Waals surface area contributed by atoms with Crippen molar-refractivity contribution in [2.75, 3.05) is 0 Å². The zero-order chi connectivity index (χ0) is 14.9. The third-order valence-electron chi connectivity index (χ3n) is 3.77. The number of fused-ring (bicyclic) bond motifs is 2. The average Bonchev–Trinajstić information content (AvgIpc) is 2.88. The fraction of sp³-hybridized carbons (Fsp3) is 0.733. The van der Waals surface area contributed by atoms with E-state index >= 15 is 0 Å². The number of esters is 2. The molecular weight excluding hydrogens is 260 g/mol. The molecule has 2 rings (SSSR count). The summed E-state index contributed by atoms with van der Waals surface area (Å²) in [5.74, 6) is -0.536. The van der Waals surface area contributed by atoms with E-state index in [9.17, 15) is 14.7 Å². The van der Waals surface area contributed by atoms with E-state index in [0.717, 1.165) is 12.8 Å². The Balaban J connectivity index is 1.74. The van der Waals surface area contributed by atoms with E-state index in [0.29, 0.717) is 11.8 Å². The predicted octanol–water partition coefficient (Wildman–Crippen LogP) is 1.79. The van der Waals surface area contributed by atoms with E-state index in [4.69, 9.17) is 9.47 Å². The molecule has 5 heteroatoms. The SMILES string of the molecule is CC(C)(C)C(O)OC(=O)CC(=O)OC1CC2C=CC1C2. The molecule has 4 unspecified atom stereocenters. The van der Waals surface area contributed by atoms with E-state index in [1.807, 2.05) is 0 Å². The van der Waals surface area contributed by atoms with Gasteiger partial charge in [0.2, 0.25) is 6.29 Å². The van der Waals surface area contributed by atoms with E-state index < -0.39 is 30.1 Å². The summed E-state index contributed by atoms with van der Waals surface area (Å²) in [5, 5.41) is 9.63. The van der Waals surface area contributed by atoms with Crippen LogP contribution in [0.25, 0.3) is 0 Å². The predicted molar refractivity (Wildman–Crippen MR) is 71.4 cm³/mol. The summed E-state index contributed by atoms with van der Waals surface area (Å²) < 4.78 is 10.1. The maximum Gasteiger partial charge on any atom is 0.319 e. The maximum absolute atomic E-state index is 11.7. The largest absolute Gasteiger partial charge is 0.461 e. The van der Waals surface area contributed by atoms with E-state index in [-0.39, 0.29) is 6.10 Å². The zero-order valence-corrected chi connectivity index (χ0v) is 12.2. The number of aliphatic hydroxyl groups excluding tert-OH is 1. The lowest BCUT2D eigenvalue weighted by atomic mass is 9.96. The first kappa shape index (κ1) is 15.0. The molecular formula is C15H22O5. The highest BCUT2D eigenvalue weighted by molar-refractivity contribution is 5.91. The molecule has 0 aliphatic heterocycles. The molecule has 1 fully saturated rings. The highest BCUT2D eigenvalue weighted by Crippen LogP contribution is 2.40. The summed E-state index contributed by atoms with van der Waals surface area (Å²) in [6, 6.07) is 0. The average molecular weight is 282 g/mol. The van der Waals surface area contributed by atoms with Crippen LogP contribution in [0.3, 0.4) is 0 Å². The quantitative estimate of drug-likeness (QED) is 0.368. The zero-order valence-electron chi connectivity index (χ0n) is 12.2. The smallest absolute Gasteiger partial charge is 0.319 e. The van der Waals surface area contributed by atoms with Gasteiger partial charge in [0, 0.05) is 11.3 Å². The van der Waals surface area contributed by atoms with Gasteiger partial charge in [-0.25, -0.2) is 0 Å². The minimum absolute atomic E-state index is 0.113. The normalized spacial score (nSPS) is 29.3. The Morgan fingerprint density at radius 2 is 1.95 bits per heavy atom. The molecule has 0 spiro atoms. The molecule has 0 saturated heterocycles. The Hall–Kier alpha value is -1.36. The van der Waals surface area contributed by atoms with Crippen molar-refractivity contribution >= 4 is 11.9 Å². The molecule has 0 aromatic heterocycles. The van der Waals surface area contributed by atoms with Gasteiger partial charge < -0.3 is 14.6 Å². The highest BCUT2D eigenvalue weighted by Gasteiger charge is 2.38. The van der Waals surface area contributed by atoms with Crippen molar-refractivity contribution in [1.82, 2.24) is 0 Å². The standard InChI is InChI=1S/C15H22O5/c1-15(2,3)14(18)20-13(17)8-12(16)19-11-7-9-4-5-10(11)6-9/h4-5,9-11,14,18H,6-8H2,1-3H3. The molecule has 1 saturated carbocycles. The van der Waals surface area contributed by atoms with Crippen LogP contribution in [-0.4, -0.2) is 29.4 Å². The van der Waals surface area contributed by atoms with Crippen molar-refractivity contribution in [3.63, 3.8) is 0 Å². The van der Waals surface area contributed by atoms with Crippen LogP contribution >= 0.6 is 0 Å². The van der Waals surface area contributed by atoms with Crippen LogP contribution in [0.2, 0.25) is 0 Å². The Bertz CT molecular complexity index is 420. The summed E-state index contributed by atoms with van der Waals surface area (Å²) in [4.78, 5) is 23.2. The van der Waals surface area contributed by atoms with Gasteiger partial charge in [0.15, 0.2) is 0 Å². The fourth-order valence-electron chi connectivity index (χ4n) is 2.54. The second kappa shape index (κ2) is 5.56. The van der Waals surface area contributed by atoms with Crippen LogP contribution in [0, 0.1) is 17.3 Å². The number of carbonyl (C=O) groups excluding carboxylic acids is 2. The Kier molecular flexibility index (Phi) is 4.18. The van der Waals surface area contributed by atoms with Crippen molar-refractivity contribution in [2.45, 2.75) is 52.4 Å². The lowest BCUT2D eigenvalue weighted by Gasteiger charge is -2.25. The molecule has 2 aliphatic carbocycles. The van der Waals surface area contributed by atoms with Gasteiger partial charge in [-0.15, -0.1) is 0 Å². The first-order valence-electron chi connectivity index (χ1n) is 7.01. The second-order valence-corrected chi connectivity index (χ2v) is 6.69. The number of hydrogen-bond acceptors (Lipinski definition) is 5. The summed E-state index contributed by atoms with van der Waals surface area (Å²) in [6.45, 7) is 5.22. The molecule has 2 aliphatic rings. The first-order chi connectivity index (χ1) is 9.25. The van der Waals surface area contributed by atoms with Gasteiger partial charge in [-0.2, -0.15) is 0 Å². The van der Waals surface area contributed by atoms with Crippen molar-refractivity contribution in [3.8, 4) is 0 Å². The highest BCUT2D eigenvalue weighted by atomic mass is 16.6. The van der Waals surface area contributed by atoms with Crippen LogP contribution in [0.15, 0.2) is 12.2 Å². The number of carbonyl (C=O) groups is 2. The molecule has 0 aromatic rings. The van der Waals surface area contributed by atoms with Crippen LogP contribution in [0.1, 0.15) is 40.0 Å². The Labute approximate surface area is 118 Å². The van der Waals surface area contributed by atoms with Gasteiger partial charge in [-0.05, 0) is 18.8 Å². The summed E-state index contributed by atoms with van der Waals surface area (Å²) >= 11 is 0. The molecule has 1 N–H and O–H groups in total. The van der Waals surface area contributed by atoms with Gasteiger partial charge in [0.25, 0.3) is 0 Å². The third-order valence-corrected chi connectivity index (χ3v) is 3.77. The van der Waals surface area contributed by atoms with Gasteiger partial charge >= 0.3 is 11.9 Å². The molecule has 20 heavy (non-hydrogen) atoms. The Morgan fingerprint density at radius 3 is 2.45 bits per heavy atom. The van der Waals surface area contributed by atoms with Crippen LogP contribution in [0.4, 0.5) is 0 Å². The Morgan fingerprint density at radius 1 is 1.25 bits per heavy atom. The second-order valence-electron chi connectivity index (χ2n) is 6.69. The minimum atomic E-state index is -1.23. The van der Waals surface area contributed by atoms with Gasteiger partial charge in [-0.1, -0.05) is 32.9 Å². The van der Waals surface area contributed by atoms with Crippen LogP contribution in [-0.2, 0) is 19.1 Å². The number of ether oxygens (including phenoxy) is 2. The van der Waals surface area contributed by atoms with Crippen molar-refractivity contribution < 1.29 is 24.2 Å². The molecule has 0 radical (unpaired) electrons. The topological polar surface area (TPSA) is 72.8 Å². The van der Waals surface area contributed by atoms with E-state index in [1.54, 1.807) is 20.8 Å². The molecule has 112 valence electrons. The third kappa shape index (κ3) is 3.60. The number of allylic oxidation sites excluding steroid dienone is 1. The number of hydrogen-bond donors (Lipinski definition) is 1. The van der Waals surface area contributed by atoms with Crippen molar-refractivity contribution in [2.24, 2.45) is 17.3 Å². The molecule has 5 nitrogen and oxygen atoms in total. The summed E-state index contributed by atoms with van der Waals surface area (Å²) in [7, 11) is 0. The lowest BCUT2D eigenvalue weighted by molar-refractivity contribution is -0.188. The monoisotopic (exact) mass is 282 g/mol. The lowest BCUT2D eigenvalue weighted by Crippen LogP contribution is -2.32. The van der Waals surface area contributed by atoms with Gasteiger partial charge in [-0.3, -0.25) is 9.59 Å². The first-order valence-corrected chi connectivity index (χ1v) is 7.01. The van der Waals surface area contributed by atoms with Gasteiger partial charge in [0.1, 0.15) is 12.5 Å². The van der Waals surface area contributed by atoms with Gasteiger partial charge in [0.05, 0.1) is 0 Å². The number of aliphatic hydroxyl groups is 1. The molecule has 0 aromatic carbocycles. The van der Waals surface area contributed by atoms with Crippen molar-refractivity contribution in [1.29, 1.82) is 0 Å². The maximum atomic E-state index is 11.7. The van der Waals surface area contributed by atoms with E-state index in [1.165, 1.54) is 0 Å². The molecule has 2 bridgehead atoms. The molecule has 0 amide bonds. The van der Waals surface area contributed by atoms with Crippen LogP contribution in [0.5, 0.6) is 0 Å². The number of rotatable bonds is 4. The van der Waals surface area contributed by atoms with Crippen LogP contribution < -0.4 is 0 Å². The molecule has 0 heterocycles. The fourth-order valence-corrected chi connectivity index (χ4v) is 2.54. The summed E-state index contributed by atoms with van der Waals surface area (Å²) in [5.41, 5.74) is -0.574. The minimum Gasteiger partial charge on any atom is -0.461 e. The van der Waals surface area contributed by atoms with Crippen molar-refractivity contribution in [3.05, 3.63) is 12.2 Å².